The summed E-state index contributed by atoms with van der Waals surface area (Å²) < 4.78 is 52.3. The van der Waals surface area contributed by atoms with Gasteiger partial charge < -0.3 is 20.1 Å². The number of ether oxygens (including phenoxy) is 2. The van der Waals surface area contributed by atoms with Crippen molar-refractivity contribution in [2.75, 3.05) is 33.9 Å². The van der Waals surface area contributed by atoms with Crippen molar-refractivity contribution < 1.29 is 32.2 Å². The van der Waals surface area contributed by atoms with Gasteiger partial charge in [-0.3, -0.25) is 4.90 Å². The number of amides is 2. The second-order valence-corrected chi connectivity index (χ2v) is 9.62. The predicted octanol–water partition coefficient (Wildman–Crippen LogP) is 5.61. The maximum atomic E-state index is 14.1. The smallest absolute Gasteiger partial charge is 0.408 e. The van der Waals surface area contributed by atoms with Gasteiger partial charge in [-0.25, -0.2) is 9.59 Å². The Morgan fingerprint density at radius 2 is 1.57 bits per heavy atom. The maximum Gasteiger partial charge on any atom is 0.408 e. The van der Waals surface area contributed by atoms with E-state index in [1.807, 2.05) is 0 Å². The molecule has 1 aromatic rings. The summed E-state index contributed by atoms with van der Waals surface area (Å²) in [5, 5.41) is 5.60. The zero-order valence-corrected chi connectivity index (χ0v) is 22.2. The van der Waals surface area contributed by atoms with Crippen LogP contribution in [0.5, 0.6) is 0 Å². The van der Waals surface area contributed by atoms with Gasteiger partial charge in [0.15, 0.2) is 0 Å². The molecule has 7 nitrogen and oxygen atoms in total. The van der Waals surface area contributed by atoms with E-state index in [2.05, 4.69) is 22.3 Å². The third kappa shape index (κ3) is 10.2. The lowest BCUT2D eigenvalue weighted by Crippen LogP contribution is -2.48. The van der Waals surface area contributed by atoms with Gasteiger partial charge in [0.2, 0.25) is 0 Å². The molecule has 2 N–H and O–H groups in total. The van der Waals surface area contributed by atoms with Crippen LogP contribution in [0, 0.1) is 0 Å². The summed E-state index contributed by atoms with van der Waals surface area (Å²) >= 11 is 0. The highest BCUT2D eigenvalue weighted by molar-refractivity contribution is 5.89. The van der Waals surface area contributed by atoms with E-state index in [0.29, 0.717) is 6.54 Å². The monoisotopic (exact) mass is 529 g/mol. The largest absolute Gasteiger partial charge is 0.465 e. The third-order valence-corrected chi connectivity index (χ3v) is 6.80. The summed E-state index contributed by atoms with van der Waals surface area (Å²) in [6.07, 6.45) is 5.46. The summed E-state index contributed by atoms with van der Waals surface area (Å²) in [7, 11) is 2.64. The van der Waals surface area contributed by atoms with Gasteiger partial charge in [0, 0.05) is 26.7 Å². The van der Waals surface area contributed by atoms with E-state index in [-0.39, 0.29) is 24.2 Å². The molecule has 2 amide bonds. The van der Waals surface area contributed by atoms with Gasteiger partial charge in [0.1, 0.15) is 6.04 Å². The van der Waals surface area contributed by atoms with Crippen LogP contribution in [0.4, 0.5) is 18.0 Å². The number of likely N-dealkylation sites (tertiary alicyclic amines) is 1. The molecule has 210 valence electrons. The quantitative estimate of drug-likeness (QED) is 0.228. The van der Waals surface area contributed by atoms with Crippen molar-refractivity contribution in [3.05, 3.63) is 35.4 Å². The van der Waals surface area contributed by atoms with Crippen LogP contribution >= 0.6 is 0 Å². The molecule has 0 unspecified atom stereocenters. The Balaban J connectivity index is 1.85. The van der Waals surface area contributed by atoms with Crippen LogP contribution in [0.15, 0.2) is 24.3 Å². The second-order valence-electron chi connectivity index (χ2n) is 9.62. The molecular formula is C27H42F3N3O4. The molecule has 10 heteroatoms. The first-order valence-electron chi connectivity index (χ1n) is 13.3. The number of carbonyl (C=O) groups excluding carboxylic acids is 2. The zero-order chi connectivity index (χ0) is 27.3. The number of nitrogens with zero attached hydrogens (tertiary/aromatic N) is 1. The lowest BCUT2D eigenvalue weighted by Gasteiger charge is -2.30. The molecule has 1 heterocycles. The van der Waals surface area contributed by atoms with E-state index >= 15 is 0 Å². The van der Waals surface area contributed by atoms with Crippen LogP contribution < -0.4 is 10.6 Å². The number of unbranched alkanes of at least 4 members (excludes halogenated alkanes) is 8. The number of alkyl halides is 3. The first-order chi connectivity index (χ1) is 17.7. The fourth-order valence-electron chi connectivity index (χ4n) is 4.77. The van der Waals surface area contributed by atoms with Crippen LogP contribution in [0.1, 0.15) is 86.7 Å². The minimum Gasteiger partial charge on any atom is -0.465 e. The topological polar surface area (TPSA) is 79.9 Å². The zero-order valence-electron chi connectivity index (χ0n) is 22.2. The molecule has 1 fully saturated rings. The van der Waals surface area contributed by atoms with Crippen LogP contribution in [0.25, 0.3) is 0 Å². The Labute approximate surface area is 218 Å². The molecule has 1 aromatic carbocycles. The molecule has 1 aliphatic heterocycles. The molecule has 3 atom stereocenters. The Morgan fingerprint density at radius 1 is 0.973 bits per heavy atom. The predicted molar refractivity (Wildman–Crippen MR) is 136 cm³/mol. The number of nitrogens with one attached hydrogen (secondary N) is 2. The van der Waals surface area contributed by atoms with E-state index in [0.717, 1.165) is 19.3 Å². The second kappa shape index (κ2) is 15.8. The molecule has 1 aliphatic rings. The van der Waals surface area contributed by atoms with Gasteiger partial charge in [-0.1, -0.05) is 70.4 Å². The first-order valence-corrected chi connectivity index (χ1v) is 13.3. The summed E-state index contributed by atoms with van der Waals surface area (Å²) in [6.45, 7) is 2.71. The van der Waals surface area contributed by atoms with Crippen molar-refractivity contribution in [2.24, 2.45) is 0 Å². The van der Waals surface area contributed by atoms with E-state index in [9.17, 15) is 22.8 Å². The normalized spacial score (nSPS) is 19.0. The minimum atomic E-state index is -4.56. The fourth-order valence-corrected chi connectivity index (χ4v) is 4.77. The van der Waals surface area contributed by atoms with E-state index < -0.39 is 36.4 Å². The summed E-state index contributed by atoms with van der Waals surface area (Å²) in [5.41, 5.74) is 0.178. The van der Waals surface area contributed by atoms with Crippen molar-refractivity contribution in [1.82, 2.24) is 15.5 Å². The van der Waals surface area contributed by atoms with Crippen molar-refractivity contribution >= 4 is 12.0 Å². The Bertz CT molecular complexity index is 820. The van der Waals surface area contributed by atoms with Gasteiger partial charge >= 0.3 is 18.2 Å². The molecule has 0 aliphatic carbocycles. The lowest BCUT2D eigenvalue weighted by atomic mass is 10.0. The van der Waals surface area contributed by atoms with Crippen molar-refractivity contribution in [3.8, 4) is 0 Å². The first kappa shape index (κ1) is 30.9. The van der Waals surface area contributed by atoms with Gasteiger partial charge in [-0.15, -0.1) is 0 Å². The van der Waals surface area contributed by atoms with Gasteiger partial charge in [-0.05, 0) is 24.1 Å². The number of halogens is 3. The van der Waals surface area contributed by atoms with E-state index in [1.54, 1.807) is 0 Å². The number of urea groups is 1. The highest BCUT2D eigenvalue weighted by Gasteiger charge is 2.49. The highest BCUT2D eigenvalue weighted by Crippen LogP contribution is 2.39. The summed E-state index contributed by atoms with van der Waals surface area (Å²) in [5.74, 6) is -0.617. The molecule has 0 bridgehead atoms. The average molecular weight is 530 g/mol. The Hall–Kier alpha value is -2.33. The van der Waals surface area contributed by atoms with E-state index in [4.69, 9.17) is 4.74 Å². The number of hydrogen-bond acceptors (Lipinski definition) is 5. The average Bonchev–Trinajstić information content (AvgIpc) is 3.25. The van der Waals surface area contributed by atoms with Crippen LogP contribution in [-0.4, -0.2) is 69.1 Å². The molecule has 37 heavy (non-hydrogen) atoms. The third-order valence-electron chi connectivity index (χ3n) is 6.80. The number of hydrogen-bond donors (Lipinski definition) is 2. The number of rotatable bonds is 15. The van der Waals surface area contributed by atoms with Crippen molar-refractivity contribution in [3.63, 3.8) is 0 Å². The summed E-state index contributed by atoms with van der Waals surface area (Å²) in [4.78, 5) is 25.3. The Morgan fingerprint density at radius 3 is 2.11 bits per heavy atom. The number of benzene rings is 1. The standard InChI is InChI=1S/C27H42F3N3O4/c1-4-5-6-7-8-9-10-11-12-17-31-26(35)32-22-18-33(19-23(22)36-2)24(27(28,29)30)20-13-15-21(16-14-20)25(34)37-3/h13-16,22-24H,4-12,17-19H2,1-3H3,(H2,31,32,35)/t22-,23-,24-/m0/s1. The van der Waals surface area contributed by atoms with Gasteiger partial charge in [-0.2, -0.15) is 13.2 Å². The van der Waals surface area contributed by atoms with Crippen LogP contribution in [-0.2, 0) is 9.47 Å². The highest BCUT2D eigenvalue weighted by atomic mass is 19.4. The SMILES string of the molecule is CCCCCCCCCCCNC(=O)N[C@H]1CN([C@@H](c2ccc(C(=O)OC)cc2)C(F)(F)F)C[C@@H]1OC. The molecule has 1 saturated heterocycles. The lowest BCUT2D eigenvalue weighted by molar-refractivity contribution is -0.184. The molecule has 0 aromatic heterocycles. The van der Waals surface area contributed by atoms with Crippen LogP contribution in [0.3, 0.4) is 0 Å². The maximum absolute atomic E-state index is 14.1. The fraction of sp³-hybridized carbons (Fsp3) is 0.704. The molecule has 0 spiro atoms. The van der Waals surface area contributed by atoms with Gasteiger partial charge in [0.25, 0.3) is 0 Å². The van der Waals surface area contributed by atoms with E-state index in [1.165, 1.54) is 81.9 Å². The molecule has 0 saturated carbocycles. The number of carbonyl (C=O) groups is 2. The minimum absolute atomic E-state index is 0.00261. The van der Waals surface area contributed by atoms with Gasteiger partial charge in [0.05, 0.1) is 24.8 Å². The van der Waals surface area contributed by atoms with Crippen molar-refractivity contribution in [2.45, 2.75) is 89.1 Å². The van der Waals surface area contributed by atoms with Crippen molar-refractivity contribution in [1.29, 1.82) is 0 Å². The molecule has 0 radical (unpaired) electrons. The Kier molecular flexibility index (Phi) is 13.2. The number of esters is 1. The number of methoxy groups -OCH3 is 2. The van der Waals surface area contributed by atoms with Crippen LogP contribution in [0.2, 0.25) is 0 Å². The molecular weight excluding hydrogens is 487 g/mol. The summed E-state index contributed by atoms with van der Waals surface area (Å²) in [6, 6.07) is 2.31. The molecule has 2 rings (SSSR count).